The fourth-order valence-corrected chi connectivity index (χ4v) is 6.49. The average Bonchev–Trinajstić information content (AvgIpc) is 3.15. The summed E-state index contributed by atoms with van der Waals surface area (Å²) in [6.07, 6.45) is 4.01. The lowest BCUT2D eigenvalue weighted by atomic mass is 9.97. The topological polar surface area (TPSA) is 131 Å². The third-order valence-electron chi connectivity index (χ3n) is 6.64. The standard InChI is InChI=1S/C27H28N6O3S/c1-17-14-27(2,3)33(16-17)26-24(25(28)34)20(11-12-29-26)37(35,36)23-10-6-9-21(32-23)31-22-13-18-7-4-5-8-19(18)15-30-22/h4-13,15,17H,14,16H2,1-3H3,(H2,28,34)(H,30,31,32). The third-order valence-corrected chi connectivity index (χ3v) is 8.34. The number of nitrogens with one attached hydrogen (secondary N) is 1. The van der Waals surface area contributed by atoms with Crippen molar-refractivity contribution < 1.29 is 13.2 Å². The lowest BCUT2D eigenvalue weighted by Gasteiger charge is -2.33. The first-order valence-electron chi connectivity index (χ1n) is 12.0. The van der Waals surface area contributed by atoms with E-state index in [1.165, 1.54) is 18.3 Å². The van der Waals surface area contributed by atoms with E-state index >= 15 is 0 Å². The van der Waals surface area contributed by atoms with Crippen molar-refractivity contribution in [2.24, 2.45) is 11.7 Å². The van der Waals surface area contributed by atoms with E-state index in [-0.39, 0.29) is 26.8 Å². The Kier molecular flexibility index (Phi) is 6.07. The van der Waals surface area contributed by atoms with Gasteiger partial charge in [0.25, 0.3) is 5.91 Å². The molecule has 4 heterocycles. The molecule has 3 aromatic heterocycles. The van der Waals surface area contributed by atoms with Crippen LogP contribution >= 0.6 is 0 Å². The zero-order valence-corrected chi connectivity index (χ0v) is 21.7. The Labute approximate surface area is 215 Å². The van der Waals surface area contributed by atoms with Crippen LogP contribution in [0.4, 0.5) is 17.5 Å². The quantitative estimate of drug-likeness (QED) is 0.387. The van der Waals surface area contributed by atoms with E-state index in [9.17, 15) is 13.2 Å². The molecule has 1 fully saturated rings. The van der Waals surface area contributed by atoms with Gasteiger partial charge in [0.15, 0.2) is 5.03 Å². The number of nitrogens with zero attached hydrogens (tertiary/aromatic N) is 4. The van der Waals surface area contributed by atoms with Gasteiger partial charge >= 0.3 is 0 Å². The Bertz CT molecular complexity index is 1620. The van der Waals surface area contributed by atoms with Crippen molar-refractivity contribution in [2.45, 2.75) is 42.7 Å². The Hall–Kier alpha value is -4.05. The Morgan fingerprint density at radius 2 is 1.81 bits per heavy atom. The summed E-state index contributed by atoms with van der Waals surface area (Å²) < 4.78 is 27.5. The van der Waals surface area contributed by atoms with Gasteiger partial charge in [-0.3, -0.25) is 4.79 Å². The second-order valence-corrected chi connectivity index (χ2v) is 11.9. The van der Waals surface area contributed by atoms with Crippen molar-refractivity contribution in [3.8, 4) is 0 Å². The van der Waals surface area contributed by atoms with Gasteiger partial charge in [0.05, 0.1) is 4.90 Å². The molecule has 5 rings (SSSR count). The van der Waals surface area contributed by atoms with E-state index in [2.05, 4.69) is 27.2 Å². The summed E-state index contributed by atoms with van der Waals surface area (Å²) >= 11 is 0. The van der Waals surface area contributed by atoms with Gasteiger partial charge in [-0.25, -0.2) is 23.4 Å². The molecule has 0 spiro atoms. The van der Waals surface area contributed by atoms with Crippen LogP contribution < -0.4 is 16.0 Å². The summed E-state index contributed by atoms with van der Waals surface area (Å²) in [6, 6.07) is 15.6. The van der Waals surface area contributed by atoms with E-state index in [0.717, 1.165) is 17.2 Å². The highest BCUT2D eigenvalue weighted by molar-refractivity contribution is 7.91. The van der Waals surface area contributed by atoms with E-state index in [0.29, 0.717) is 24.1 Å². The predicted molar refractivity (Wildman–Crippen MR) is 143 cm³/mol. The summed E-state index contributed by atoms with van der Waals surface area (Å²) in [4.78, 5) is 27.5. The Morgan fingerprint density at radius 1 is 1.05 bits per heavy atom. The molecule has 1 saturated heterocycles. The molecule has 1 aromatic carbocycles. The number of pyridine rings is 3. The molecule has 4 aromatic rings. The number of fused-ring (bicyclic) bond motifs is 1. The summed E-state index contributed by atoms with van der Waals surface area (Å²) in [5.74, 6) is 0.596. The van der Waals surface area contributed by atoms with Crippen LogP contribution in [0.15, 0.2) is 76.9 Å². The number of hydrogen-bond acceptors (Lipinski definition) is 8. The van der Waals surface area contributed by atoms with Crippen LogP contribution in [0.25, 0.3) is 10.8 Å². The second kappa shape index (κ2) is 9.11. The molecule has 1 amide bonds. The summed E-state index contributed by atoms with van der Waals surface area (Å²) in [6.45, 7) is 6.84. The number of benzene rings is 1. The van der Waals surface area contributed by atoms with Crippen LogP contribution in [0.2, 0.25) is 0 Å². The largest absolute Gasteiger partial charge is 0.365 e. The van der Waals surface area contributed by atoms with Gasteiger partial charge in [-0.05, 0) is 55.8 Å². The highest BCUT2D eigenvalue weighted by Crippen LogP contribution is 2.39. The first-order chi connectivity index (χ1) is 17.6. The first-order valence-corrected chi connectivity index (χ1v) is 13.4. The summed E-state index contributed by atoms with van der Waals surface area (Å²) in [5, 5.41) is 4.83. The molecule has 1 aliphatic rings. The van der Waals surface area contributed by atoms with E-state index in [4.69, 9.17) is 5.73 Å². The minimum absolute atomic E-state index is 0.124. The minimum atomic E-state index is -4.21. The van der Waals surface area contributed by atoms with Gasteiger partial charge in [0.1, 0.15) is 23.0 Å². The van der Waals surface area contributed by atoms with E-state index in [1.807, 2.05) is 49.1 Å². The molecule has 10 heteroatoms. The van der Waals surface area contributed by atoms with Crippen LogP contribution in [-0.4, -0.2) is 41.4 Å². The fourth-order valence-electron chi connectivity index (χ4n) is 5.08. The maximum Gasteiger partial charge on any atom is 0.253 e. The fraction of sp³-hybridized carbons (Fsp3) is 0.259. The molecular weight excluding hydrogens is 488 g/mol. The van der Waals surface area contributed by atoms with Gasteiger partial charge < -0.3 is 16.0 Å². The van der Waals surface area contributed by atoms with Crippen molar-refractivity contribution in [2.75, 3.05) is 16.8 Å². The smallest absolute Gasteiger partial charge is 0.253 e. The Morgan fingerprint density at radius 3 is 2.51 bits per heavy atom. The lowest BCUT2D eigenvalue weighted by molar-refractivity contribution is 0.0997. The number of anilines is 3. The molecule has 3 N–H and O–H groups in total. The van der Waals surface area contributed by atoms with Crippen LogP contribution in [0, 0.1) is 5.92 Å². The minimum Gasteiger partial charge on any atom is -0.365 e. The molecule has 1 atom stereocenters. The molecule has 1 aliphatic heterocycles. The summed E-state index contributed by atoms with van der Waals surface area (Å²) in [5.41, 5.74) is 5.31. The number of carbonyl (C=O) groups excluding carboxylic acids is 1. The molecule has 0 bridgehead atoms. The molecule has 37 heavy (non-hydrogen) atoms. The van der Waals surface area contributed by atoms with Crippen molar-refractivity contribution in [1.29, 1.82) is 0 Å². The molecular formula is C27H28N6O3S. The van der Waals surface area contributed by atoms with Crippen molar-refractivity contribution in [1.82, 2.24) is 15.0 Å². The zero-order chi connectivity index (χ0) is 26.4. The highest BCUT2D eigenvalue weighted by atomic mass is 32.2. The highest BCUT2D eigenvalue weighted by Gasteiger charge is 2.40. The molecule has 0 saturated carbocycles. The third kappa shape index (κ3) is 4.60. The van der Waals surface area contributed by atoms with Gasteiger partial charge in [0, 0.05) is 29.9 Å². The normalized spacial score (nSPS) is 17.2. The van der Waals surface area contributed by atoms with Crippen LogP contribution in [0.1, 0.15) is 37.6 Å². The monoisotopic (exact) mass is 516 g/mol. The molecule has 190 valence electrons. The number of aromatic nitrogens is 3. The number of rotatable bonds is 6. The molecule has 0 aliphatic carbocycles. The molecule has 9 nitrogen and oxygen atoms in total. The number of hydrogen-bond donors (Lipinski definition) is 2. The van der Waals surface area contributed by atoms with Crippen molar-refractivity contribution in [3.63, 3.8) is 0 Å². The SMILES string of the molecule is CC1CN(c2nccc(S(=O)(=O)c3cccc(Nc4cc5ccccc5cn4)n3)c2C(N)=O)C(C)(C)C1. The van der Waals surface area contributed by atoms with Crippen molar-refractivity contribution >= 4 is 44.0 Å². The maximum absolute atomic E-state index is 13.8. The van der Waals surface area contributed by atoms with Crippen molar-refractivity contribution in [3.05, 3.63) is 72.6 Å². The molecule has 0 radical (unpaired) electrons. The summed E-state index contributed by atoms with van der Waals surface area (Å²) in [7, 11) is -4.21. The first kappa shape index (κ1) is 24.6. The van der Waals surface area contributed by atoms with Gasteiger partial charge in [-0.1, -0.05) is 37.3 Å². The zero-order valence-electron chi connectivity index (χ0n) is 20.8. The number of primary amides is 1. The predicted octanol–water partition coefficient (Wildman–Crippen LogP) is 4.32. The lowest BCUT2D eigenvalue weighted by Crippen LogP contribution is -2.40. The average molecular weight is 517 g/mol. The Balaban J connectivity index is 1.54. The van der Waals surface area contributed by atoms with Crippen LogP contribution in [0.3, 0.4) is 0 Å². The maximum atomic E-state index is 13.8. The van der Waals surface area contributed by atoms with Crippen LogP contribution in [0.5, 0.6) is 0 Å². The van der Waals surface area contributed by atoms with Gasteiger partial charge in [0.2, 0.25) is 9.84 Å². The van der Waals surface area contributed by atoms with Gasteiger partial charge in [-0.2, -0.15) is 0 Å². The number of carbonyl (C=O) groups is 1. The molecule has 1 unspecified atom stereocenters. The second-order valence-electron chi connectivity index (χ2n) is 10.0. The number of nitrogens with two attached hydrogens (primary N) is 1. The van der Waals surface area contributed by atoms with Gasteiger partial charge in [-0.15, -0.1) is 0 Å². The van der Waals surface area contributed by atoms with E-state index < -0.39 is 15.7 Å². The van der Waals surface area contributed by atoms with Crippen LogP contribution in [-0.2, 0) is 9.84 Å². The number of sulfone groups is 1. The number of amides is 1. The van der Waals surface area contributed by atoms with E-state index in [1.54, 1.807) is 18.3 Å².